The number of pyridine rings is 1. The molecule has 0 aliphatic carbocycles. The molecule has 3 N–H and O–H groups in total. The normalized spacial score (nSPS) is 12.2. The predicted molar refractivity (Wildman–Crippen MR) is 97.9 cm³/mol. The summed E-state index contributed by atoms with van der Waals surface area (Å²) in [5.41, 5.74) is 7.37. The zero-order valence-corrected chi connectivity index (χ0v) is 14.2. The molecule has 0 aliphatic rings. The fourth-order valence-corrected chi connectivity index (χ4v) is 2.80. The number of nitrogens with one attached hydrogen (secondary N) is 1. The second kappa shape index (κ2) is 6.45. The van der Waals surface area contributed by atoms with Crippen LogP contribution in [-0.4, -0.2) is 25.8 Å². The number of primary amides is 1. The zero-order valence-electron chi connectivity index (χ0n) is 14.2. The van der Waals surface area contributed by atoms with E-state index in [1.54, 1.807) is 12.3 Å². The fraction of sp³-hybridized carbons (Fsp3) is 0.0526. The Hall–Kier alpha value is -3.75. The van der Waals surface area contributed by atoms with Gasteiger partial charge in [0.15, 0.2) is 5.65 Å². The highest BCUT2D eigenvalue weighted by Gasteiger charge is 2.30. The van der Waals surface area contributed by atoms with E-state index in [9.17, 15) is 18.0 Å². The molecule has 9 heteroatoms. The molecular formula is C19H12F3N5O. The minimum absolute atomic E-state index is 0.345. The summed E-state index contributed by atoms with van der Waals surface area (Å²) in [6.07, 6.45) is 2.92. The number of alkyl halides is 3. The fourth-order valence-electron chi connectivity index (χ4n) is 2.80. The van der Waals surface area contributed by atoms with Crippen molar-refractivity contribution < 1.29 is 18.0 Å². The summed E-state index contributed by atoms with van der Waals surface area (Å²) in [6, 6.07) is 4.96. The Balaban J connectivity index is 1.81. The van der Waals surface area contributed by atoms with Crippen molar-refractivity contribution in [3.05, 3.63) is 60.1 Å². The average Bonchev–Trinajstić information content (AvgIpc) is 3.07. The van der Waals surface area contributed by atoms with E-state index < -0.39 is 17.6 Å². The third-order valence-corrected chi connectivity index (χ3v) is 4.14. The highest BCUT2D eigenvalue weighted by atomic mass is 19.4. The molecule has 0 unspecified atom stereocenters. The molecule has 0 bridgehead atoms. The molecule has 0 atom stereocenters. The van der Waals surface area contributed by atoms with Gasteiger partial charge in [0, 0.05) is 35.0 Å². The predicted octanol–water partition coefficient (Wildman–Crippen LogP) is 3.69. The Bertz CT molecular complexity index is 1240. The van der Waals surface area contributed by atoms with Crippen molar-refractivity contribution in [3.63, 3.8) is 0 Å². The molecule has 0 saturated carbocycles. The van der Waals surface area contributed by atoms with Gasteiger partial charge in [-0.25, -0.2) is 9.97 Å². The third-order valence-electron chi connectivity index (χ3n) is 4.14. The van der Waals surface area contributed by atoms with Crippen molar-refractivity contribution in [2.75, 3.05) is 0 Å². The van der Waals surface area contributed by atoms with Crippen molar-refractivity contribution >= 4 is 34.1 Å². The quantitative estimate of drug-likeness (QED) is 0.527. The SMILES string of the molecule is NC(=O)/C=C/c1c[nH]c2ncc(-c3cnc4ccc(C(F)(F)F)cc4c3)nc12. The summed E-state index contributed by atoms with van der Waals surface area (Å²) < 4.78 is 38.9. The minimum atomic E-state index is -4.43. The summed E-state index contributed by atoms with van der Waals surface area (Å²) in [7, 11) is 0. The monoisotopic (exact) mass is 383 g/mol. The number of fused-ring (bicyclic) bond motifs is 2. The number of nitrogens with two attached hydrogens (primary N) is 1. The molecule has 4 aromatic rings. The largest absolute Gasteiger partial charge is 0.416 e. The summed E-state index contributed by atoms with van der Waals surface area (Å²) in [6.45, 7) is 0. The van der Waals surface area contributed by atoms with E-state index >= 15 is 0 Å². The molecule has 4 rings (SSSR count). The minimum Gasteiger partial charge on any atom is -0.366 e. The van der Waals surface area contributed by atoms with Gasteiger partial charge >= 0.3 is 6.18 Å². The number of nitrogens with zero attached hydrogens (tertiary/aromatic N) is 3. The molecule has 0 radical (unpaired) electrons. The number of aromatic nitrogens is 4. The molecule has 0 saturated heterocycles. The summed E-state index contributed by atoms with van der Waals surface area (Å²) >= 11 is 0. The van der Waals surface area contributed by atoms with Crippen molar-refractivity contribution in [1.29, 1.82) is 0 Å². The molecular weight excluding hydrogens is 371 g/mol. The highest BCUT2D eigenvalue weighted by Crippen LogP contribution is 2.32. The van der Waals surface area contributed by atoms with Gasteiger partial charge in [-0.15, -0.1) is 0 Å². The molecule has 0 aliphatic heterocycles. The molecule has 1 aromatic carbocycles. The van der Waals surface area contributed by atoms with Gasteiger partial charge in [-0.1, -0.05) is 0 Å². The number of carbonyl (C=O) groups excluding carboxylic acids is 1. The maximum absolute atomic E-state index is 13.0. The number of H-pyrrole nitrogens is 1. The van der Waals surface area contributed by atoms with Crippen LogP contribution in [-0.2, 0) is 11.0 Å². The van der Waals surface area contributed by atoms with Crippen LogP contribution in [0.25, 0.3) is 39.4 Å². The van der Waals surface area contributed by atoms with Gasteiger partial charge in [0.25, 0.3) is 0 Å². The first-order valence-electron chi connectivity index (χ1n) is 8.10. The van der Waals surface area contributed by atoms with E-state index in [2.05, 4.69) is 19.9 Å². The van der Waals surface area contributed by atoms with Gasteiger partial charge in [0.05, 0.1) is 23.0 Å². The zero-order chi connectivity index (χ0) is 19.9. The van der Waals surface area contributed by atoms with Crippen LogP contribution < -0.4 is 5.73 Å². The Morgan fingerprint density at radius 2 is 1.96 bits per heavy atom. The molecule has 6 nitrogen and oxygen atoms in total. The third kappa shape index (κ3) is 3.29. The number of aromatic amines is 1. The van der Waals surface area contributed by atoms with Crippen LogP contribution in [0.1, 0.15) is 11.1 Å². The van der Waals surface area contributed by atoms with Gasteiger partial charge in [-0.2, -0.15) is 13.2 Å². The molecule has 0 fully saturated rings. The van der Waals surface area contributed by atoms with Gasteiger partial charge in [0.2, 0.25) is 5.91 Å². The number of amides is 1. The van der Waals surface area contributed by atoms with Crippen LogP contribution in [0.5, 0.6) is 0 Å². The van der Waals surface area contributed by atoms with E-state index in [1.807, 2.05) is 0 Å². The second-order valence-electron chi connectivity index (χ2n) is 6.06. The smallest absolute Gasteiger partial charge is 0.366 e. The Kier molecular flexibility index (Phi) is 4.07. The average molecular weight is 383 g/mol. The Morgan fingerprint density at radius 3 is 2.71 bits per heavy atom. The van der Waals surface area contributed by atoms with Crippen LogP contribution >= 0.6 is 0 Å². The van der Waals surface area contributed by atoms with Gasteiger partial charge in [-0.3, -0.25) is 9.78 Å². The molecule has 3 heterocycles. The Labute approximate surface area is 155 Å². The first-order chi connectivity index (χ1) is 13.3. The lowest BCUT2D eigenvalue weighted by Crippen LogP contribution is -2.05. The first kappa shape index (κ1) is 17.7. The standard InChI is InChI=1S/C19H12F3N5O/c20-19(21,22)13-2-3-14-11(6-13)5-12(8-24-14)15-9-26-18-17(27-15)10(7-25-18)1-4-16(23)28/h1-9H,(H2,23,28)(H,25,26)/b4-1+. The number of carbonyl (C=O) groups is 1. The van der Waals surface area contributed by atoms with Crippen LogP contribution in [0.15, 0.2) is 48.9 Å². The van der Waals surface area contributed by atoms with Gasteiger partial charge < -0.3 is 10.7 Å². The Morgan fingerprint density at radius 1 is 1.14 bits per heavy atom. The lowest BCUT2D eigenvalue weighted by atomic mass is 10.1. The highest BCUT2D eigenvalue weighted by molar-refractivity contribution is 5.94. The number of hydrogen-bond acceptors (Lipinski definition) is 4. The topological polar surface area (TPSA) is 97.6 Å². The lowest BCUT2D eigenvalue weighted by Gasteiger charge is -2.08. The molecule has 0 spiro atoms. The van der Waals surface area contributed by atoms with Crippen molar-refractivity contribution in [2.24, 2.45) is 5.73 Å². The summed E-state index contributed by atoms with van der Waals surface area (Å²) in [5.74, 6) is -0.599. The van der Waals surface area contributed by atoms with E-state index in [4.69, 9.17) is 5.73 Å². The van der Waals surface area contributed by atoms with E-state index in [0.717, 1.165) is 12.1 Å². The second-order valence-corrected chi connectivity index (χ2v) is 6.06. The van der Waals surface area contributed by atoms with E-state index in [0.29, 0.717) is 38.9 Å². The summed E-state index contributed by atoms with van der Waals surface area (Å²) in [4.78, 5) is 26.8. The molecule has 3 aromatic heterocycles. The van der Waals surface area contributed by atoms with Crippen LogP contribution in [0, 0.1) is 0 Å². The van der Waals surface area contributed by atoms with Crippen molar-refractivity contribution in [2.45, 2.75) is 6.18 Å². The van der Waals surface area contributed by atoms with E-state index in [1.165, 1.54) is 30.6 Å². The first-order valence-corrected chi connectivity index (χ1v) is 8.10. The number of benzene rings is 1. The molecule has 1 amide bonds. The van der Waals surface area contributed by atoms with Crippen LogP contribution in [0.4, 0.5) is 13.2 Å². The van der Waals surface area contributed by atoms with Crippen molar-refractivity contribution in [1.82, 2.24) is 19.9 Å². The van der Waals surface area contributed by atoms with Gasteiger partial charge in [-0.05, 0) is 30.3 Å². The number of hydrogen-bond donors (Lipinski definition) is 2. The molecule has 140 valence electrons. The van der Waals surface area contributed by atoms with Crippen molar-refractivity contribution in [3.8, 4) is 11.3 Å². The van der Waals surface area contributed by atoms with Gasteiger partial charge in [0.1, 0.15) is 5.52 Å². The van der Waals surface area contributed by atoms with E-state index in [-0.39, 0.29) is 0 Å². The number of rotatable bonds is 3. The maximum Gasteiger partial charge on any atom is 0.416 e. The summed E-state index contributed by atoms with van der Waals surface area (Å²) in [5, 5.41) is 0.345. The lowest BCUT2D eigenvalue weighted by molar-refractivity contribution is -0.137. The number of halogens is 3. The maximum atomic E-state index is 13.0. The van der Waals surface area contributed by atoms with Crippen LogP contribution in [0.2, 0.25) is 0 Å². The molecule has 28 heavy (non-hydrogen) atoms. The van der Waals surface area contributed by atoms with Crippen LogP contribution in [0.3, 0.4) is 0 Å².